The quantitative estimate of drug-likeness (QED) is 0.619. The standard InChI is InChI=1S/C13H17N5O2S/c1-3-20-11-6-4-10(5-7-11)15-12(19)8-21-13-17-16-9(2)18(13)14/h4-7H,3,8,14H2,1-2H3,(H,15,19). The molecular formula is C13H17N5O2S. The molecule has 2 aromatic rings. The number of hydrogen-bond donors (Lipinski definition) is 2. The molecule has 3 N–H and O–H groups in total. The molecule has 0 radical (unpaired) electrons. The van der Waals surface area contributed by atoms with Gasteiger partial charge in [0.25, 0.3) is 0 Å². The number of ether oxygens (including phenoxy) is 1. The van der Waals surface area contributed by atoms with Crippen LogP contribution in [0.5, 0.6) is 5.75 Å². The minimum Gasteiger partial charge on any atom is -0.494 e. The van der Waals surface area contributed by atoms with Crippen molar-refractivity contribution in [3.63, 3.8) is 0 Å². The van der Waals surface area contributed by atoms with Gasteiger partial charge in [-0.05, 0) is 38.1 Å². The van der Waals surface area contributed by atoms with Gasteiger partial charge in [0.2, 0.25) is 11.1 Å². The van der Waals surface area contributed by atoms with E-state index in [1.165, 1.54) is 16.4 Å². The molecule has 0 atom stereocenters. The van der Waals surface area contributed by atoms with Crippen molar-refractivity contribution in [2.75, 3.05) is 23.5 Å². The Morgan fingerprint density at radius 2 is 2.10 bits per heavy atom. The Bertz CT molecular complexity index is 612. The predicted molar refractivity (Wildman–Crippen MR) is 81.9 cm³/mol. The van der Waals surface area contributed by atoms with Crippen molar-refractivity contribution in [1.82, 2.24) is 14.9 Å². The largest absolute Gasteiger partial charge is 0.494 e. The van der Waals surface area contributed by atoms with Crippen LogP contribution >= 0.6 is 11.8 Å². The molecule has 0 aliphatic rings. The van der Waals surface area contributed by atoms with Gasteiger partial charge in [-0.1, -0.05) is 11.8 Å². The highest BCUT2D eigenvalue weighted by atomic mass is 32.2. The molecule has 1 aromatic carbocycles. The average molecular weight is 307 g/mol. The lowest BCUT2D eigenvalue weighted by molar-refractivity contribution is -0.113. The van der Waals surface area contributed by atoms with E-state index in [2.05, 4.69) is 15.5 Å². The number of nitrogens with zero attached hydrogens (tertiary/aromatic N) is 3. The minimum absolute atomic E-state index is 0.134. The van der Waals surface area contributed by atoms with Gasteiger partial charge in [-0.3, -0.25) is 4.79 Å². The fraction of sp³-hybridized carbons (Fsp3) is 0.308. The monoisotopic (exact) mass is 307 g/mol. The van der Waals surface area contributed by atoms with Gasteiger partial charge in [-0.25, -0.2) is 4.68 Å². The van der Waals surface area contributed by atoms with Crippen LogP contribution in [0.4, 0.5) is 5.69 Å². The summed E-state index contributed by atoms with van der Waals surface area (Å²) in [4.78, 5) is 11.9. The molecule has 0 bridgehead atoms. The van der Waals surface area contributed by atoms with E-state index in [1.54, 1.807) is 19.1 Å². The summed E-state index contributed by atoms with van der Waals surface area (Å²) in [7, 11) is 0. The first-order chi connectivity index (χ1) is 10.1. The molecule has 7 nitrogen and oxygen atoms in total. The smallest absolute Gasteiger partial charge is 0.234 e. The number of hydrogen-bond acceptors (Lipinski definition) is 6. The molecule has 8 heteroatoms. The van der Waals surface area contributed by atoms with E-state index >= 15 is 0 Å². The SMILES string of the molecule is CCOc1ccc(NC(=O)CSc2nnc(C)n2N)cc1. The third-order valence-corrected chi connectivity index (χ3v) is 3.56. The van der Waals surface area contributed by atoms with Gasteiger partial charge in [0.05, 0.1) is 12.4 Å². The van der Waals surface area contributed by atoms with E-state index in [-0.39, 0.29) is 11.7 Å². The van der Waals surface area contributed by atoms with E-state index < -0.39 is 0 Å². The Labute approximate surface area is 126 Å². The highest BCUT2D eigenvalue weighted by Gasteiger charge is 2.09. The van der Waals surface area contributed by atoms with Gasteiger partial charge in [0.1, 0.15) is 11.6 Å². The van der Waals surface area contributed by atoms with Gasteiger partial charge in [0, 0.05) is 5.69 Å². The topological polar surface area (TPSA) is 95.1 Å². The number of carbonyl (C=O) groups is 1. The van der Waals surface area contributed by atoms with Crippen molar-refractivity contribution < 1.29 is 9.53 Å². The number of carbonyl (C=O) groups excluding carboxylic acids is 1. The summed E-state index contributed by atoms with van der Waals surface area (Å²) in [5.74, 6) is 7.16. The van der Waals surface area contributed by atoms with E-state index in [0.717, 1.165) is 11.4 Å². The molecule has 0 spiro atoms. The number of nitrogens with one attached hydrogen (secondary N) is 1. The van der Waals surface area contributed by atoms with Crippen molar-refractivity contribution in [3.8, 4) is 5.75 Å². The van der Waals surface area contributed by atoms with Gasteiger partial charge in [0.15, 0.2) is 0 Å². The number of thioether (sulfide) groups is 1. The summed E-state index contributed by atoms with van der Waals surface area (Å²) in [5.41, 5.74) is 0.717. The fourth-order valence-corrected chi connectivity index (χ4v) is 2.28. The van der Waals surface area contributed by atoms with Crippen molar-refractivity contribution in [1.29, 1.82) is 0 Å². The van der Waals surface area contributed by atoms with Gasteiger partial charge < -0.3 is 15.9 Å². The van der Waals surface area contributed by atoms with E-state index in [1.807, 2.05) is 19.1 Å². The summed E-state index contributed by atoms with van der Waals surface area (Å²) < 4.78 is 6.69. The number of nitrogens with two attached hydrogens (primary N) is 1. The van der Waals surface area contributed by atoms with E-state index in [9.17, 15) is 4.79 Å². The fourth-order valence-electron chi connectivity index (χ4n) is 1.58. The van der Waals surface area contributed by atoms with Crippen LogP contribution in [-0.2, 0) is 4.79 Å². The molecule has 21 heavy (non-hydrogen) atoms. The normalized spacial score (nSPS) is 10.4. The number of nitrogen functional groups attached to an aromatic ring is 1. The Morgan fingerprint density at radius 1 is 1.38 bits per heavy atom. The van der Waals surface area contributed by atoms with Crippen LogP contribution in [0.3, 0.4) is 0 Å². The lowest BCUT2D eigenvalue weighted by atomic mass is 10.3. The molecule has 1 amide bonds. The van der Waals surface area contributed by atoms with Crippen molar-refractivity contribution in [2.24, 2.45) is 0 Å². The molecule has 1 heterocycles. The van der Waals surface area contributed by atoms with Crippen LogP contribution in [-0.4, -0.2) is 33.1 Å². The van der Waals surface area contributed by atoms with Gasteiger partial charge >= 0.3 is 0 Å². The Morgan fingerprint density at radius 3 is 2.67 bits per heavy atom. The van der Waals surface area contributed by atoms with Crippen molar-refractivity contribution in [3.05, 3.63) is 30.1 Å². The molecule has 2 rings (SSSR count). The zero-order chi connectivity index (χ0) is 15.2. The highest BCUT2D eigenvalue weighted by molar-refractivity contribution is 7.99. The van der Waals surface area contributed by atoms with Gasteiger partial charge in [-0.15, -0.1) is 10.2 Å². The zero-order valence-corrected chi connectivity index (χ0v) is 12.7. The van der Waals surface area contributed by atoms with Gasteiger partial charge in [-0.2, -0.15) is 0 Å². The first-order valence-corrected chi connectivity index (χ1v) is 7.41. The van der Waals surface area contributed by atoms with Crippen LogP contribution in [0.1, 0.15) is 12.7 Å². The number of amides is 1. The molecule has 0 unspecified atom stereocenters. The van der Waals surface area contributed by atoms with Crippen LogP contribution in [0.25, 0.3) is 0 Å². The molecule has 0 aliphatic carbocycles. The summed E-state index contributed by atoms with van der Waals surface area (Å²) in [5, 5.41) is 11.0. The van der Waals surface area contributed by atoms with E-state index in [4.69, 9.17) is 10.6 Å². The Kier molecular flexibility index (Phi) is 5.04. The first kappa shape index (κ1) is 15.2. The Hall–Kier alpha value is -2.22. The maximum absolute atomic E-state index is 11.9. The molecular weight excluding hydrogens is 290 g/mol. The second kappa shape index (κ2) is 6.98. The lowest BCUT2D eigenvalue weighted by Crippen LogP contribution is -2.16. The van der Waals surface area contributed by atoms with Crippen molar-refractivity contribution >= 4 is 23.4 Å². The number of rotatable bonds is 6. The molecule has 0 aliphatic heterocycles. The van der Waals surface area contributed by atoms with Crippen LogP contribution in [0.15, 0.2) is 29.4 Å². The highest BCUT2D eigenvalue weighted by Crippen LogP contribution is 2.17. The number of aryl methyl sites for hydroxylation is 1. The maximum atomic E-state index is 11.9. The summed E-state index contributed by atoms with van der Waals surface area (Å²) in [6.07, 6.45) is 0. The molecule has 0 saturated heterocycles. The maximum Gasteiger partial charge on any atom is 0.234 e. The second-order valence-electron chi connectivity index (χ2n) is 4.19. The minimum atomic E-state index is -0.134. The zero-order valence-electron chi connectivity index (χ0n) is 11.9. The van der Waals surface area contributed by atoms with Crippen LogP contribution in [0, 0.1) is 6.92 Å². The van der Waals surface area contributed by atoms with E-state index in [0.29, 0.717) is 17.6 Å². The summed E-state index contributed by atoms with van der Waals surface area (Å²) >= 11 is 1.23. The number of benzene rings is 1. The Balaban J connectivity index is 1.85. The van der Waals surface area contributed by atoms with Crippen LogP contribution in [0.2, 0.25) is 0 Å². The number of anilines is 1. The van der Waals surface area contributed by atoms with Crippen LogP contribution < -0.4 is 15.9 Å². The van der Waals surface area contributed by atoms with Crippen molar-refractivity contribution in [2.45, 2.75) is 19.0 Å². The molecule has 0 fully saturated rings. The average Bonchev–Trinajstić information content (AvgIpc) is 2.79. The predicted octanol–water partition coefficient (Wildman–Crippen LogP) is 1.43. The molecule has 0 saturated carbocycles. The lowest BCUT2D eigenvalue weighted by Gasteiger charge is -2.07. The number of aromatic nitrogens is 3. The summed E-state index contributed by atoms with van der Waals surface area (Å²) in [6.45, 7) is 4.28. The molecule has 1 aromatic heterocycles. The third kappa shape index (κ3) is 4.12. The molecule has 112 valence electrons. The first-order valence-electron chi connectivity index (χ1n) is 6.42. The summed E-state index contributed by atoms with van der Waals surface area (Å²) in [6, 6.07) is 7.21. The third-order valence-electron chi connectivity index (χ3n) is 2.62. The second-order valence-corrected chi connectivity index (χ2v) is 5.14.